The maximum Gasteiger partial charge on any atom is 0.423 e. The molecule has 12 heteroatoms. The molecule has 1 saturated heterocycles. The van der Waals surface area contributed by atoms with E-state index in [2.05, 4.69) is 35.5 Å². The number of alkyl halides is 3. The lowest BCUT2D eigenvalue weighted by Gasteiger charge is -2.25. The predicted octanol–water partition coefficient (Wildman–Crippen LogP) is 1.64. The third-order valence-electron chi connectivity index (χ3n) is 5.15. The molecule has 4 rings (SSSR count). The predicted molar refractivity (Wildman–Crippen MR) is 102 cm³/mol. The van der Waals surface area contributed by atoms with E-state index in [4.69, 9.17) is 9.47 Å². The van der Waals surface area contributed by atoms with E-state index in [0.717, 1.165) is 56.3 Å². The second kappa shape index (κ2) is 8.09. The number of rotatable bonds is 5. The van der Waals surface area contributed by atoms with E-state index < -0.39 is 17.6 Å². The quantitative estimate of drug-likeness (QED) is 0.741. The van der Waals surface area contributed by atoms with Crippen molar-refractivity contribution in [2.75, 3.05) is 44.1 Å². The molecule has 30 heavy (non-hydrogen) atoms. The van der Waals surface area contributed by atoms with Gasteiger partial charge in [0.25, 0.3) is 0 Å². The molecule has 0 amide bonds. The van der Waals surface area contributed by atoms with Gasteiger partial charge in [-0.3, -0.25) is 0 Å². The highest BCUT2D eigenvalue weighted by Gasteiger charge is 2.36. The van der Waals surface area contributed by atoms with Crippen molar-refractivity contribution in [2.24, 2.45) is 0 Å². The maximum absolute atomic E-state index is 13.0. The molecule has 0 spiro atoms. The van der Waals surface area contributed by atoms with Crippen molar-refractivity contribution in [1.29, 1.82) is 0 Å². The fourth-order valence-corrected chi connectivity index (χ4v) is 3.71. The molecule has 2 N–H and O–H groups in total. The van der Waals surface area contributed by atoms with Crippen molar-refractivity contribution >= 4 is 11.8 Å². The number of nitrogens with one attached hydrogen (secondary N) is 2. The average molecular weight is 425 g/mol. The van der Waals surface area contributed by atoms with Gasteiger partial charge in [0.15, 0.2) is 0 Å². The zero-order chi connectivity index (χ0) is 21.3. The summed E-state index contributed by atoms with van der Waals surface area (Å²) in [5, 5.41) is 6.40. The minimum atomic E-state index is -4.58. The summed E-state index contributed by atoms with van der Waals surface area (Å²) in [5.74, 6) is 0.434. The normalized spacial score (nSPS) is 18.8. The van der Waals surface area contributed by atoms with Gasteiger partial charge in [-0.05, 0) is 19.4 Å². The smallest absolute Gasteiger partial charge is 0.423 e. The van der Waals surface area contributed by atoms with E-state index in [0.29, 0.717) is 19.1 Å². The molecule has 0 aromatic carbocycles. The second-order valence-corrected chi connectivity index (χ2v) is 7.08. The van der Waals surface area contributed by atoms with Gasteiger partial charge in [0.1, 0.15) is 11.4 Å². The zero-order valence-electron chi connectivity index (χ0n) is 16.6. The van der Waals surface area contributed by atoms with E-state index in [-0.39, 0.29) is 12.0 Å². The summed E-state index contributed by atoms with van der Waals surface area (Å²) >= 11 is 0. The van der Waals surface area contributed by atoms with Gasteiger partial charge in [-0.1, -0.05) is 0 Å². The number of nitrogens with zero attached hydrogens (tertiary/aromatic N) is 5. The molecular weight excluding hydrogens is 403 g/mol. The molecule has 0 unspecified atom stereocenters. The lowest BCUT2D eigenvalue weighted by molar-refractivity contribution is -0.139. The Morgan fingerprint density at radius 1 is 1.20 bits per heavy atom. The van der Waals surface area contributed by atoms with Gasteiger partial charge >= 0.3 is 12.2 Å². The number of anilines is 2. The number of fused-ring (bicyclic) bond motifs is 1. The van der Waals surface area contributed by atoms with Gasteiger partial charge in [0, 0.05) is 37.4 Å². The van der Waals surface area contributed by atoms with Gasteiger partial charge in [0.2, 0.25) is 11.8 Å². The molecule has 1 atom stereocenters. The maximum atomic E-state index is 13.0. The zero-order valence-corrected chi connectivity index (χ0v) is 16.6. The first kappa shape index (κ1) is 20.4. The van der Waals surface area contributed by atoms with Crippen LogP contribution in [0.4, 0.5) is 24.9 Å². The van der Waals surface area contributed by atoms with Crippen LogP contribution in [-0.2, 0) is 19.1 Å². The van der Waals surface area contributed by atoms with E-state index in [1.54, 1.807) is 0 Å². The number of methoxy groups -OCH3 is 2. The Hall–Kier alpha value is -2.89. The van der Waals surface area contributed by atoms with Crippen LogP contribution in [0.2, 0.25) is 0 Å². The number of halogens is 3. The highest BCUT2D eigenvalue weighted by molar-refractivity contribution is 5.52. The third kappa shape index (κ3) is 4.04. The van der Waals surface area contributed by atoms with Gasteiger partial charge in [-0.15, -0.1) is 0 Å². The summed E-state index contributed by atoms with van der Waals surface area (Å²) in [6.45, 7) is 2.85. The van der Waals surface area contributed by atoms with Gasteiger partial charge < -0.3 is 25.0 Å². The summed E-state index contributed by atoms with van der Waals surface area (Å²) in [7, 11) is 2.69. The molecule has 0 aliphatic carbocycles. The van der Waals surface area contributed by atoms with E-state index in [9.17, 15) is 13.2 Å². The third-order valence-corrected chi connectivity index (χ3v) is 5.15. The van der Waals surface area contributed by atoms with Crippen molar-refractivity contribution < 1.29 is 22.6 Å². The molecule has 0 radical (unpaired) electrons. The Kier molecular flexibility index (Phi) is 5.50. The second-order valence-electron chi connectivity index (χ2n) is 7.08. The minimum Gasteiger partial charge on any atom is -0.480 e. The van der Waals surface area contributed by atoms with Crippen LogP contribution in [0.25, 0.3) is 0 Å². The average Bonchev–Trinajstić information content (AvgIpc) is 3.20. The van der Waals surface area contributed by atoms with Crippen molar-refractivity contribution in [3.05, 3.63) is 23.0 Å². The van der Waals surface area contributed by atoms with Gasteiger partial charge in [-0.2, -0.15) is 28.1 Å². The van der Waals surface area contributed by atoms with Gasteiger partial charge in [0.05, 0.1) is 19.9 Å². The Morgan fingerprint density at radius 2 is 2.03 bits per heavy atom. The van der Waals surface area contributed by atoms with Crippen LogP contribution >= 0.6 is 0 Å². The number of ether oxygens (including phenoxy) is 2. The van der Waals surface area contributed by atoms with Crippen molar-refractivity contribution in [3.8, 4) is 11.9 Å². The molecule has 1 fully saturated rings. The molecule has 9 nitrogen and oxygen atoms in total. The van der Waals surface area contributed by atoms with E-state index in [1.807, 2.05) is 0 Å². The molecule has 2 aliphatic heterocycles. The standard InChI is InChI=1S/C18H22F3N7O2/c1-29-15-12(18(19,20)21)7-23-16(27-15)24-10-4-6-28(9-10)14-11-3-5-22-8-13(11)25-17(26-14)30-2/h7,10,22H,3-6,8-9H2,1-2H3,(H,23,24,27)/t10-/m1/s1. The Morgan fingerprint density at radius 3 is 2.77 bits per heavy atom. The first-order chi connectivity index (χ1) is 14.4. The van der Waals surface area contributed by atoms with Crippen LogP contribution in [-0.4, -0.2) is 59.8 Å². The minimum absolute atomic E-state index is 0.0511. The molecular formula is C18H22F3N7O2. The Balaban J connectivity index is 1.51. The monoisotopic (exact) mass is 425 g/mol. The Labute approximate surface area is 171 Å². The molecule has 0 saturated carbocycles. The fourth-order valence-electron chi connectivity index (χ4n) is 3.71. The van der Waals surface area contributed by atoms with Crippen LogP contribution < -0.4 is 25.0 Å². The summed E-state index contributed by atoms with van der Waals surface area (Å²) < 4.78 is 49.0. The van der Waals surface area contributed by atoms with E-state index >= 15 is 0 Å². The highest BCUT2D eigenvalue weighted by atomic mass is 19.4. The summed E-state index contributed by atoms with van der Waals surface area (Å²) in [6.07, 6.45) is -2.26. The molecule has 2 aromatic rings. The summed E-state index contributed by atoms with van der Waals surface area (Å²) in [4.78, 5) is 18.8. The topological polar surface area (TPSA) is 97.3 Å². The SMILES string of the molecule is COc1nc2c(c(N3CC[C@@H](Nc4ncc(C(F)(F)F)c(OC)n4)C3)n1)CCNC2. The van der Waals surface area contributed by atoms with Crippen LogP contribution in [0.3, 0.4) is 0 Å². The molecule has 4 heterocycles. The fraction of sp³-hybridized carbons (Fsp3) is 0.556. The first-order valence-electron chi connectivity index (χ1n) is 9.53. The van der Waals surface area contributed by atoms with Crippen LogP contribution in [0.15, 0.2) is 6.20 Å². The van der Waals surface area contributed by atoms with Crippen molar-refractivity contribution in [1.82, 2.24) is 25.3 Å². The lowest BCUT2D eigenvalue weighted by atomic mass is 10.1. The number of hydrogen-bond acceptors (Lipinski definition) is 9. The molecule has 0 bridgehead atoms. The van der Waals surface area contributed by atoms with Crippen LogP contribution in [0.1, 0.15) is 23.2 Å². The largest absolute Gasteiger partial charge is 0.480 e. The number of aromatic nitrogens is 4. The van der Waals surface area contributed by atoms with Crippen LogP contribution in [0.5, 0.6) is 11.9 Å². The molecule has 2 aliphatic rings. The van der Waals surface area contributed by atoms with Crippen molar-refractivity contribution in [3.63, 3.8) is 0 Å². The van der Waals surface area contributed by atoms with E-state index in [1.165, 1.54) is 7.11 Å². The first-order valence-corrected chi connectivity index (χ1v) is 9.53. The lowest BCUT2D eigenvalue weighted by Crippen LogP contribution is -2.31. The van der Waals surface area contributed by atoms with Crippen molar-refractivity contribution in [2.45, 2.75) is 31.6 Å². The Bertz CT molecular complexity index is 925. The summed E-state index contributed by atoms with van der Waals surface area (Å²) in [5.41, 5.74) is 1.02. The summed E-state index contributed by atoms with van der Waals surface area (Å²) in [6, 6.07) is 0.268. The molecule has 162 valence electrons. The number of hydrogen-bond donors (Lipinski definition) is 2. The molecule has 2 aromatic heterocycles. The van der Waals surface area contributed by atoms with Gasteiger partial charge in [-0.25, -0.2) is 4.98 Å². The van der Waals surface area contributed by atoms with Crippen LogP contribution in [0, 0.1) is 0 Å². The highest BCUT2D eigenvalue weighted by Crippen LogP contribution is 2.35.